The third kappa shape index (κ3) is 14.8. The van der Waals surface area contributed by atoms with Gasteiger partial charge in [-0.05, 0) is 255 Å². The Morgan fingerprint density at radius 2 is 0.812 bits per heavy atom. The number of phenols is 5. The van der Waals surface area contributed by atoms with Crippen LogP contribution >= 0.6 is 58.0 Å². The SMILES string of the molecule is C[C@@H](Cl)[C@@H]1CN(C(C)(C)C)c2cc(O)c3ccc4c(c3c21)CCC4.C[C@@H](Cl)[C@@H]1CN(C(C)(C)C)c2cc(O)c3ccc4c(c3c21)CCN4.C[C@@H](Cl)[C@@H]1CN(C(C)(C)C)c2cc(O)c3ccc4c(c3c21)OCC4.C[C@@H](Cl)[C@@H]1CN(C(C)(C)C)c2cc(O)c3ccc4c(c3c21)OCO4.C[C@H]1[C@@H](CCl)c2c(cc(O)c3ccccc23)N1C(C)(C)C. The molecule has 10 atom stereocenters. The van der Waals surface area contributed by atoms with Crippen LogP contribution in [0.15, 0.2) is 103 Å². The number of alkyl halides is 5. The van der Waals surface area contributed by atoms with Crippen LogP contribution in [0.1, 0.15) is 225 Å². The van der Waals surface area contributed by atoms with Crippen LogP contribution in [0.5, 0.6) is 46.0 Å². The van der Waals surface area contributed by atoms with Gasteiger partial charge in [-0.25, -0.2) is 0 Å². The van der Waals surface area contributed by atoms with E-state index in [9.17, 15) is 25.5 Å². The molecule has 10 aromatic carbocycles. The van der Waals surface area contributed by atoms with Gasteiger partial charge >= 0.3 is 0 Å². The molecule has 0 fully saturated rings. The summed E-state index contributed by atoms with van der Waals surface area (Å²) < 4.78 is 17.3. The Bertz CT molecular complexity index is 5000. The first kappa shape index (κ1) is 84.2. The van der Waals surface area contributed by atoms with Gasteiger partial charge in [-0.1, -0.05) is 48.5 Å². The van der Waals surface area contributed by atoms with Gasteiger partial charge in [0.2, 0.25) is 6.79 Å². The van der Waals surface area contributed by atoms with E-state index < -0.39 is 0 Å². The maximum absolute atomic E-state index is 10.7. The first-order valence-corrected chi connectivity index (χ1v) is 44.4. The first-order chi connectivity index (χ1) is 55.0. The molecule has 0 saturated carbocycles. The normalized spacial score (nSPS) is 21.1. The molecule has 0 bridgehead atoms. The zero-order valence-electron chi connectivity index (χ0n) is 71.9. The number of aryl methyl sites for hydroxylation is 2. The van der Waals surface area contributed by atoms with E-state index >= 15 is 0 Å². The van der Waals surface area contributed by atoms with Crippen molar-refractivity contribution in [2.24, 2.45) is 0 Å². The molecule has 19 rings (SSSR count). The van der Waals surface area contributed by atoms with Crippen molar-refractivity contribution < 1.29 is 39.7 Å². The van der Waals surface area contributed by atoms with E-state index in [1.54, 1.807) is 0 Å². The largest absolute Gasteiger partial charge is 0.507 e. The van der Waals surface area contributed by atoms with Gasteiger partial charge in [0, 0.05) is 232 Å². The molecule has 10 aromatic rings. The molecule has 14 nitrogen and oxygen atoms in total. The van der Waals surface area contributed by atoms with Crippen LogP contribution in [0.4, 0.5) is 34.1 Å². The highest BCUT2D eigenvalue weighted by Gasteiger charge is 2.47. The van der Waals surface area contributed by atoms with Crippen LogP contribution in [-0.4, -0.2) is 133 Å². The van der Waals surface area contributed by atoms with Gasteiger partial charge in [-0.15, -0.1) is 58.0 Å². The maximum Gasteiger partial charge on any atom is 0.231 e. The number of nitrogens with one attached hydrogen (secondary N) is 1. The highest BCUT2D eigenvalue weighted by molar-refractivity contribution is 6.23. The van der Waals surface area contributed by atoms with Crippen molar-refractivity contribution in [1.29, 1.82) is 0 Å². The maximum atomic E-state index is 10.7. The summed E-state index contributed by atoms with van der Waals surface area (Å²) in [7, 11) is 0. The van der Waals surface area contributed by atoms with E-state index in [0.717, 1.165) is 147 Å². The summed E-state index contributed by atoms with van der Waals surface area (Å²) in [6, 6.07) is 34.2. The van der Waals surface area contributed by atoms with Crippen molar-refractivity contribution in [2.45, 2.75) is 255 Å². The van der Waals surface area contributed by atoms with Crippen molar-refractivity contribution in [3.63, 3.8) is 0 Å². The Morgan fingerprint density at radius 1 is 0.410 bits per heavy atom. The third-order valence-corrected chi connectivity index (χ3v) is 27.8. The second-order valence-corrected chi connectivity index (χ2v) is 42.0. The Labute approximate surface area is 717 Å². The molecule has 6 N–H and O–H groups in total. The zero-order valence-corrected chi connectivity index (χ0v) is 75.6. The highest BCUT2D eigenvalue weighted by Crippen LogP contribution is 2.59. The average molecular weight is 1690 g/mol. The average Bonchev–Trinajstić information content (AvgIpc) is 1.56. The smallest absolute Gasteiger partial charge is 0.231 e. The lowest BCUT2D eigenvalue weighted by molar-refractivity contribution is 0.174. The lowest BCUT2D eigenvalue weighted by Gasteiger charge is -2.39. The third-order valence-electron chi connectivity index (χ3n) is 26.2. The highest BCUT2D eigenvalue weighted by atomic mass is 35.5. The number of benzene rings is 10. The lowest BCUT2D eigenvalue weighted by Crippen LogP contribution is -2.46. The van der Waals surface area contributed by atoms with E-state index in [-0.39, 0.29) is 85.4 Å². The van der Waals surface area contributed by atoms with Crippen molar-refractivity contribution >= 4 is 146 Å². The van der Waals surface area contributed by atoms with Gasteiger partial charge in [-0.3, -0.25) is 0 Å². The zero-order chi connectivity index (χ0) is 84.3. The van der Waals surface area contributed by atoms with Crippen LogP contribution in [0.3, 0.4) is 0 Å². The molecule has 0 saturated heterocycles. The van der Waals surface area contributed by atoms with E-state index in [0.29, 0.717) is 47.4 Å². The molecular weight excluding hydrogens is 1570 g/mol. The molecule has 8 heterocycles. The minimum absolute atomic E-state index is 0.00729. The van der Waals surface area contributed by atoms with Gasteiger partial charge in [0.25, 0.3) is 0 Å². The summed E-state index contributed by atoms with van der Waals surface area (Å²) in [6.07, 6.45) is 5.41. The molecule has 117 heavy (non-hydrogen) atoms. The van der Waals surface area contributed by atoms with Crippen molar-refractivity contribution in [1.82, 2.24) is 0 Å². The van der Waals surface area contributed by atoms with Crippen molar-refractivity contribution in [3.05, 3.63) is 153 Å². The fourth-order valence-electron chi connectivity index (χ4n) is 20.7. The predicted octanol–water partition coefficient (Wildman–Crippen LogP) is 24.5. The van der Waals surface area contributed by atoms with Crippen molar-refractivity contribution in [2.75, 3.05) is 81.8 Å². The molecule has 0 spiro atoms. The van der Waals surface area contributed by atoms with E-state index in [2.05, 4.69) is 192 Å². The molecular formula is C98H119Cl5N6O8. The number of phenolic OH excluding ortho intramolecular Hbond substituents is 5. The van der Waals surface area contributed by atoms with Gasteiger partial charge < -0.3 is 69.6 Å². The molecule has 0 amide bonds. The van der Waals surface area contributed by atoms with Gasteiger partial charge in [0.1, 0.15) is 34.5 Å². The number of aromatic hydroxyl groups is 5. The molecule has 9 aliphatic rings. The summed E-state index contributed by atoms with van der Waals surface area (Å²) >= 11 is 32.7. The van der Waals surface area contributed by atoms with E-state index in [1.165, 1.54) is 73.1 Å². The standard InChI is InChI=1S/C21H26ClNO.C20H25ClN2O.C20H24ClNO2.C19H22ClNO3.C18H22ClNO/c1-12(22)16-11-23(21(2,3)4)17-10-18(24)15-9-8-13-6-5-7-14(13)19(15)20(16)17;1-11(21)14-10-23(20(2,3)4)16-9-17(24)13-5-6-15-12(7-8-22-15)18(13)19(14)16;1-11(21)14-10-22(20(2,3)4)15-9-16(23)13-6-5-12-7-8-24-19(12)18(13)17(14)15;1-10(20)12-8-21(19(2,3)4)13-7-14(22)11-5-6-15-18(24-9-23-15)17(11)16(12)13;1-11-14(10-19)17-13-8-6-5-7-12(13)16(21)9-15(17)20(11)18(2,3)4/h8-10,12,16,24H,5-7,11H2,1-4H3;5-6,9,11,14,22,24H,7-8,10H2,1-4H3;5-6,9,11,14,23H,7-8,10H2,1-4H3;5-7,10,12,22H,8-9H2,1-4H3;5-9,11,14,21H,10H2,1-4H3/t12-,16+;2*11-,14+;10-,12+;11-,14+/m11110/s1. The van der Waals surface area contributed by atoms with Gasteiger partial charge in [-0.2, -0.15) is 0 Å². The van der Waals surface area contributed by atoms with Crippen LogP contribution < -0.4 is 44.0 Å². The number of hydrogen-bond acceptors (Lipinski definition) is 14. The Hall–Kier alpha value is -7.85. The van der Waals surface area contributed by atoms with Crippen LogP contribution in [0, 0.1) is 0 Å². The number of nitrogens with zero attached hydrogens (tertiary/aromatic N) is 5. The minimum atomic E-state index is -0.0648. The van der Waals surface area contributed by atoms with Crippen molar-refractivity contribution in [3.8, 4) is 46.0 Å². The van der Waals surface area contributed by atoms with Crippen LogP contribution in [0.25, 0.3) is 53.9 Å². The molecule has 0 radical (unpaired) electrons. The Morgan fingerprint density at radius 3 is 1.26 bits per heavy atom. The van der Waals surface area contributed by atoms with Crippen LogP contribution in [-0.2, 0) is 25.7 Å². The number of halogens is 5. The Balaban J connectivity index is 0.000000115. The minimum Gasteiger partial charge on any atom is -0.507 e. The fourth-order valence-corrected chi connectivity index (χ4v) is 21.9. The predicted molar refractivity (Wildman–Crippen MR) is 493 cm³/mol. The number of anilines is 6. The number of ether oxygens (including phenoxy) is 3. The molecule has 0 unspecified atom stereocenters. The van der Waals surface area contributed by atoms with E-state index in [1.807, 2.05) is 79.7 Å². The van der Waals surface area contributed by atoms with Gasteiger partial charge in [0.15, 0.2) is 11.5 Å². The first-order valence-electron chi connectivity index (χ1n) is 42.2. The fraction of sp³-hybridized carbons (Fsp3) is 0.490. The van der Waals surface area contributed by atoms with E-state index in [4.69, 9.17) is 72.2 Å². The molecule has 8 aliphatic heterocycles. The summed E-state index contributed by atoms with van der Waals surface area (Å²) in [5.41, 5.74) is 18.5. The van der Waals surface area contributed by atoms with Gasteiger partial charge in [0.05, 0.1) is 6.61 Å². The summed E-state index contributed by atoms with van der Waals surface area (Å²) in [4.78, 5) is 11.9. The Kier molecular flexibility index (Phi) is 22.3. The molecule has 19 heteroatoms. The molecule has 1 aliphatic carbocycles. The number of fused-ring (bicyclic) bond motifs is 23. The quantitative estimate of drug-likeness (QED) is 0.0905. The number of rotatable bonds is 5. The second kappa shape index (κ2) is 31.0. The monoisotopic (exact) mass is 1680 g/mol. The molecule has 624 valence electrons. The number of hydrogen-bond donors (Lipinski definition) is 6. The lowest BCUT2D eigenvalue weighted by atomic mass is 9.88. The second-order valence-electron chi connectivity index (χ2n) is 39.0. The van der Waals surface area contributed by atoms with Crippen LogP contribution in [0.2, 0.25) is 0 Å². The molecule has 0 aromatic heterocycles. The summed E-state index contributed by atoms with van der Waals surface area (Å²) in [6.45, 7) is 49.0. The topological polar surface area (TPSA) is 157 Å². The summed E-state index contributed by atoms with van der Waals surface area (Å²) in [5, 5.41) is 66.8. The summed E-state index contributed by atoms with van der Waals surface area (Å²) in [5.74, 6) is 5.93.